The minimum absolute atomic E-state index is 0.0168. The van der Waals surface area contributed by atoms with Gasteiger partial charge in [0, 0.05) is 6.54 Å². The van der Waals surface area contributed by atoms with Crippen molar-refractivity contribution in [2.24, 2.45) is 0 Å². The fourth-order valence-corrected chi connectivity index (χ4v) is 3.53. The second-order valence-electron chi connectivity index (χ2n) is 6.91. The third-order valence-electron chi connectivity index (χ3n) is 4.72. The molecule has 3 rings (SSSR count). The molecule has 0 unspecified atom stereocenters. The molecule has 0 bridgehead atoms. The average Bonchev–Trinajstić information content (AvgIpc) is 2.63. The fraction of sp³-hybridized carbons (Fsp3) is 0.381. The Kier molecular flexibility index (Phi) is 6.40. The van der Waals surface area contributed by atoms with E-state index in [1.807, 2.05) is 24.1 Å². The van der Waals surface area contributed by atoms with Gasteiger partial charge in [0.1, 0.15) is 5.75 Å². The summed E-state index contributed by atoms with van der Waals surface area (Å²) in [5.74, 6) is 0.113. The highest BCUT2D eigenvalue weighted by molar-refractivity contribution is 5.78. The number of ether oxygens (including phenoxy) is 1. The van der Waals surface area contributed by atoms with Crippen LogP contribution in [0.5, 0.6) is 5.75 Å². The first kappa shape index (κ1) is 19.3. The van der Waals surface area contributed by atoms with Crippen LogP contribution < -0.4 is 10.1 Å². The number of fused-ring (bicyclic) bond motifs is 1. The van der Waals surface area contributed by atoms with E-state index in [1.165, 1.54) is 23.3 Å². The summed E-state index contributed by atoms with van der Waals surface area (Å²) in [5, 5.41) is 3.14. The lowest BCUT2D eigenvalue weighted by atomic mass is 9.88. The summed E-state index contributed by atoms with van der Waals surface area (Å²) >= 11 is 0. The van der Waals surface area contributed by atoms with Gasteiger partial charge in [-0.1, -0.05) is 36.4 Å². The summed E-state index contributed by atoms with van der Waals surface area (Å²) in [6.45, 7) is -2.01. The van der Waals surface area contributed by atoms with Gasteiger partial charge in [-0.05, 0) is 55.1 Å². The molecule has 0 radical (unpaired) electrons. The Morgan fingerprint density at radius 1 is 1.22 bits per heavy atom. The molecule has 6 heteroatoms. The van der Waals surface area contributed by atoms with Crippen molar-refractivity contribution >= 4 is 5.91 Å². The van der Waals surface area contributed by atoms with Crippen LogP contribution in [0.1, 0.15) is 35.6 Å². The summed E-state index contributed by atoms with van der Waals surface area (Å²) in [4.78, 5) is 14.3. The molecule has 27 heavy (non-hydrogen) atoms. The molecule has 0 aromatic heterocycles. The van der Waals surface area contributed by atoms with E-state index >= 15 is 0 Å². The van der Waals surface area contributed by atoms with E-state index in [4.69, 9.17) is 0 Å². The number of likely N-dealkylation sites (N-methyl/N-ethyl adjacent to an activating group) is 1. The monoisotopic (exact) mass is 374 g/mol. The maximum atomic E-state index is 12.4. The number of hydrogen-bond donors (Lipinski definition) is 1. The quantitative estimate of drug-likeness (QED) is 0.799. The van der Waals surface area contributed by atoms with Crippen molar-refractivity contribution in [2.75, 3.05) is 13.6 Å². The third-order valence-corrected chi connectivity index (χ3v) is 4.72. The Labute approximate surface area is 158 Å². The molecule has 0 saturated carbocycles. The number of amides is 1. The molecular formula is C21H24F2N2O2. The Bertz CT molecular complexity index is 765. The molecule has 1 amide bonds. The second kappa shape index (κ2) is 8.95. The van der Waals surface area contributed by atoms with Crippen LogP contribution in [0.4, 0.5) is 8.78 Å². The normalized spacial score (nSPS) is 16.3. The highest BCUT2D eigenvalue weighted by Crippen LogP contribution is 2.29. The Hall–Kier alpha value is -2.47. The number of alkyl halides is 2. The molecule has 4 nitrogen and oxygen atoms in total. The number of halogens is 2. The molecule has 2 aromatic carbocycles. The lowest BCUT2D eigenvalue weighted by Gasteiger charge is -2.27. The number of aryl methyl sites for hydroxylation is 1. The smallest absolute Gasteiger partial charge is 0.387 e. The van der Waals surface area contributed by atoms with E-state index < -0.39 is 6.61 Å². The van der Waals surface area contributed by atoms with Crippen LogP contribution in [-0.2, 0) is 17.8 Å². The Morgan fingerprint density at radius 3 is 2.70 bits per heavy atom. The van der Waals surface area contributed by atoms with Crippen LogP contribution >= 0.6 is 0 Å². The van der Waals surface area contributed by atoms with E-state index in [0.717, 1.165) is 24.8 Å². The van der Waals surface area contributed by atoms with Crippen LogP contribution in [0.2, 0.25) is 0 Å². The minimum Gasteiger partial charge on any atom is -0.435 e. The highest BCUT2D eigenvalue weighted by Gasteiger charge is 2.21. The molecule has 2 aromatic rings. The van der Waals surface area contributed by atoms with Gasteiger partial charge in [0.05, 0.1) is 12.6 Å². The SMILES string of the molecule is CN(CC(=O)N[C@H]1CCCc2ccccc21)Cc1ccc(OC(F)F)cc1. The van der Waals surface area contributed by atoms with Gasteiger partial charge in [0.25, 0.3) is 0 Å². The van der Waals surface area contributed by atoms with E-state index in [9.17, 15) is 13.6 Å². The lowest BCUT2D eigenvalue weighted by molar-refractivity contribution is -0.122. The van der Waals surface area contributed by atoms with Gasteiger partial charge in [-0.25, -0.2) is 0 Å². The number of nitrogens with zero attached hydrogens (tertiary/aromatic N) is 1. The van der Waals surface area contributed by atoms with Crippen molar-refractivity contribution in [3.8, 4) is 5.75 Å². The van der Waals surface area contributed by atoms with Crippen LogP contribution in [0.25, 0.3) is 0 Å². The largest absolute Gasteiger partial charge is 0.435 e. The molecule has 1 aliphatic carbocycles. The van der Waals surface area contributed by atoms with Gasteiger partial charge in [-0.2, -0.15) is 8.78 Å². The zero-order chi connectivity index (χ0) is 19.2. The molecule has 144 valence electrons. The van der Waals surface area contributed by atoms with Gasteiger partial charge < -0.3 is 10.1 Å². The highest BCUT2D eigenvalue weighted by atomic mass is 19.3. The van der Waals surface area contributed by atoms with Crippen LogP contribution in [0, 0.1) is 0 Å². The minimum atomic E-state index is -2.83. The van der Waals surface area contributed by atoms with Crippen molar-refractivity contribution in [3.63, 3.8) is 0 Å². The van der Waals surface area contributed by atoms with E-state index in [0.29, 0.717) is 6.54 Å². The fourth-order valence-electron chi connectivity index (χ4n) is 3.53. The first-order valence-electron chi connectivity index (χ1n) is 9.11. The Balaban J connectivity index is 1.51. The van der Waals surface area contributed by atoms with Gasteiger partial charge in [-0.3, -0.25) is 9.69 Å². The number of carbonyl (C=O) groups excluding carboxylic acids is 1. The topological polar surface area (TPSA) is 41.6 Å². The van der Waals surface area contributed by atoms with Crippen molar-refractivity contribution in [1.82, 2.24) is 10.2 Å². The zero-order valence-corrected chi connectivity index (χ0v) is 15.3. The summed E-state index contributed by atoms with van der Waals surface area (Å²) < 4.78 is 28.7. The molecule has 1 atom stereocenters. The van der Waals surface area contributed by atoms with Crippen molar-refractivity contribution < 1.29 is 18.3 Å². The maximum Gasteiger partial charge on any atom is 0.387 e. The van der Waals surface area contributed by atoms with Gasteiger partial charge in [0.15, 0.2) is 0 Å². The van der Waals surface area contributed by atoms with E-state index in [-0.39, 0.29) is 24.2 Å². The molecule has 1 aliphatic rings. The van der Waals surface area contributed by atoms with Gasteiger partial charge >= 0.3 is 6.61 Å². The first-order valence-corrected chi connectivity index (χ1v) is 9.11. The summed E-state index contributed by atoms with van der Waals surface area (Å²) in [5.41, 5.74) is 3.46. The van der Waals surface area contributed by atoms with Crippen LogP contribution in [0.15, 0.2) is 48.5 Å². The second-order valence-corrected chi connectivity index (χ2v) is 6.91. The van der Waals surface area contributed by atoms with Crippen molar-refractivity contribution in [1.29, 1.82) is 0 Å². The molecule has 1 N–H and O–H groups in total. The number of carbonyl (C=O) groups is 1. The number of rotatable bonds is 7. The molecule has 0 aliphatic heterocycles. The summed E-state index contributed by atoms with van der Waals surface area (Å²) in [6.07, 6.45) is 3.09. The molecule has 0 saturated heterocycles. The van der Waals surface area contributed by atoms with Crippen molar-refractivity contribution in [2.45, 2.75) is 38.5 Å². The number of nitrogens with one attached hydrogen (secondary N) is 1. The van der Waals surface area contributed by atoms with E-state index in [1.54, 1.807) is 12.1 Å². The standard InChI is InChI=1S/C21H24F2N2O2/c1-25(13-15-9-11-17(12-10-15)27-21(22)23)14-20(26)24-19-8-4-6-16-5-2-3-7-18(16)19/h2-3,5,7,9-12,19,21H,4,6,8,13-14H2,1H3,(H,24,26)/t19-/m0/s1. The average molecular weight is 374 g/mol. The van der Waals surface area contributed by atoms with Gasteiger partial charge in [0.2, 0.25) is 5.91 Å². The zero-order valence-electron chi connectivity index (χ0n) is 15.3. The molecule has 0 heterocycles. The lowest BCUT2D eigenvalue weighted by Crippen LogP contribution is -2.38. The molecule has 0 spiro atoms. The van der Waals surface area contributed by atoms with Crippen molar-refractivity contribution in [3.05, 3.63) is 65.2 Å². The predicted molar refractivity (Wildman–Crippen MR) is 99.7 cm³/mol. The van der Waals surface area contributed by atoms with Crippen LogP contribution in [0.3, 0.4) is 0 Å². The number of benzene rings is 2. The summed E-state index contributed by atoms with van der Waals surface area (Å²) in [6, 6.07) is 14.8. The third kappa shape index (κ3) is 5.50. The summed E-state index contributed by atoms with van der Waals surface area (Å²) in [7, 11) is 1.86. The maximum absolute atomic E-state index is 12.4. The number of hydrogen-bond acceptors (Lipinski definition) is 3. The van der Waals surface area contributed by atoms with E-state index in [2.05, 4.69) is 22.2 Å². The molecular weight excluding hydrogens is 350 g/mol. The predicted octanol–water partition coefficient (Wildman–Crippen LogP) is 3.91. The first-order chi connectivity index (χ1) is 13.0. The Morgan fingerprint density at radius 2 is 1.96 bits per heavy atom. The van der Waals surface area contributed by atoms with Gasteiger partial charge in [-0.15, -0.1) is 0 Å². The molecule has 0 fully saturated rings. The van der Waals surface area contributed by atoms with Crippen LogP contribution in [-0.4, -0.2) is 31.0 Å².